The zero-order valence-electron chi connectivity index (χ0n) is 12.6. The molecule has 2 rings (SSSR count). The standard InChI is InChI=1S/C17H26N2O/c1-3-4-12-19(17(20)16-10-11-18-13-16)14(2)15-8-6-5-7-9-15/h5-9,14,16,18H,3-4,10-13H2,1-2H3. The summed E-state index contributed by atoms with van der Waals surface area (Å²) in [5.74, 6) is 0.484. The third-order valence-corrected chi connectivity index (χ3v) is 4.19. The fourth-order valence-corrected chi connectivity index (χ4v) is 2.83. The Morgan fingerprint density at radius 2 is 2.15 bits per heavy atom. The SMILES string of the molecule is CCCCN(C(=O)C1CCNC1)C(C)c1ccccc1. The number of unbranched alkanes of at least 4 members (excludes halogenated alkanes) is 1. The summed E-state index contributed by atoms with van der Waals surface area (Å²) in [6.45, 7) is 6.99. The molecule has 0 saturated carbocycles. The van der Waals surface area contributed by atoms with E-state index in [1.807, 2.05) is 18.2 Å². The van der Waals surface area contributed by atoms with Gasteiger partial charge in [0.25, 0.3) is 0 Å². The summed E-state index contributed by atoms with van der Waals surface area (Å²) in [7, 11) is 0. The van der Waals surface area contributed by atoms with E-state index < -0.39 is 0 Å². The van der Waals surface area contributed by atoms with Crippen molar-refractivity contribution >= 4 is 5.91 Å². The van der Waals surface area contributed by atoms with Gasteiger partial charge in [-0.25, -0.2) is 0 Å². The lowest BCUT2D eigenvalue weighted by atomic mass is 10.0. The van der Waals surface area contributed by atoms with Crippen LogP contribution in [0.2, 0.25) is 0 Å². The van der Waals surface area contributed by atoms with Gasteiger partial charge in [-0.15, -0.1) is 0 Å². The predicted octanol–water partition coefficient (Wildman–Crippen LogP) is 2.99. The number of nitrogens with zero attached hydrogens (tertiary/aromatic N) is 1. The van der Waals surface area contributed by atoms with E-state index in [2.05, 4.69) is 36.2 Å². The lowest BCUT2D eigenvalue weighted by molar-refractivity contribution is -0.137. The summed E-state index contributed by atoms with van der Waals surface area (Å²) in [5, 5.41) is 3.30. The molecule has 1 aromatic rings. The van der Waals surface area contributed by atoms with Crippen molar-refractivity contribution in [2.75, 3.05) is 19.6 Å². The second-order valence-corrected chi connectivity index (χ2v) is 5.66. The Hall–Kier alpha value is -1.35. The van der Waals surface area contributed by atoms with E-state index in [1.54, 1.807) is 0 Å². The summed E-state index contributed by atoms with van der Waals surface area (Å²) in [5.41, 5.74) is 1.22. The topological polar surface area (TPSA) is 32.3 Å². The number of rotatable bonds is 6. The number of carbonyl (C=O) groups excluding carboxylic acids is 1. The molecule has 1 aromatic carbocycles. The Morgan fingerprint density at radius 3 is 2.75 bits per heavy atom. The average Bonchev–Trinajstić information content (AvgIpc) is 3.02. The summed E-state index contributed by atoms with van der Waals surface area (Å²) in [6.07, 6.45) is 3.17. The molecule has 2 atom stereocenters. The van der Waals surface area contributed by atoms with Gasteiger partial charge in [-0.05, 0) is 31.9 Å². The van der Waals surface area contributed by atoms with Crippen molar-refractivity contribution in [3.8, 4) is 0 Å². The second-order valence-electron chi connectivity index (χ2n) is 5.66. The summed E-state index contributed by atoms with van der Waals surface area (Å²) in [6, 6.07) is 10.5. The first-order valence-corrected chi connectivity index (χ1v) is 7.80. The van der Waals surface area contributed by atoms with Gasteiger partial charge in [0.05, 0.1) is 12.0 Å². The van der Waals surface area contributed by atoms with Crippen molar-refractivity contribution in [2.24, 2.45) is 5.92 Å². The number of amides is 1. The first-order chi connectivity index (χ1) is 9.74. The fourth-order valence-electron chi connectivity index (χ4n) is 2.83. The molecule has 0 aromatic heterocycles. The van der Waals surface area contributed by atoms with E-state index in [9.17, 15) is 4.79 Å². The van der Waals surface area contributed by atoms with Crippen molar-refractivity contribution in [2.45, 2.75) is 39.2 Å². The zero-order chi connectivity index (χ0) is 14.4. The normalized spacial score (nSPS) is 19.8. The minimum atomic E-state index is 0.163. The van der Waals surface area contributed by atoms with Crippen LogP contribution in [0.4, 0.5) is 0 Å². The predicted molar refractivity (Wildman–Crippen MR) is 82.5 cm³/mol. The zero-order valence-corrected chi connectivity index (χ0v) is 12.6. The van der Waals surface area contributed by atoms with Crippen molar-refractivity contribution in [1.82, 2.24) is 10.2 Å². The number of hydrogen-bond donors (Lipinski definition) is 1. The van der Waals surface area contributed by atoms with Gasteiger partial charge in [0.15, 0.2) is 0 Å². The first kappa shape index (κ1) is 15.0. The Morgan fingerprint density at radius 1 is 1.40 bits per heavy atom. The molecule has 0 spiro atoms. The molecule has 1 aliphatic heterocycles. The molecule has 1 aliphatic rings. The fraction of sp³-hybridized carbons (Fsp3) is 0.588. The maximum absolute atomic E-state index is 12.8. The molecule has 110 valence electrons. The molecule has 0 bridgehead atoms. The lowest BCUT2D eigenvalue weighted by Gasteiger charge is -2.31. The van der Waals surface area contributed by atoms with Crippen LogP contribution in [-0.4, -0.2) is 30.4 Å². The van der Waals surface area contributed by atoms with E-state index in [0.29, 0.717) is 5.91 Å². The number of benzene rings is 1. The quantitative estimate of drug-likeness (QED) is 0.865. The van der Waals surface area contributed by atoms with E-state index in [1.165, 1.54) is 5.56 Å². The van der Waals surface area contributed by atoms with E-state index in [-0.39, 0.29) is 12.0 Å². The summed E-state index contributed by atoms with van der Waals surface area (Å²) in [4.78, 5) is 14.8. The Balaban J connectivity index is 2.11. The van der Waals surface area contributed by atoms with Crippen LogP contribution >= 0.6 is 0 Å². The van der Waals surface area contributed by atoms with Gasteiger partial charge in [0.1, 0.15) is 0 Å². The van der Waals surface area contributed by atoms with Crippen LogP contribution in [0, 0.1) is 5.92 Å². The molecule has 3 nitrogen and oxygen atoms in total. The monoisotopic (exact) mass is 274 g/mol. The van der Waals surface area contributed by atoms with E-state index in [4.69, 9.17) is 0 Å². The third kappa shape index (κ3) is 3.60. The molecule has 1 amide bonds. The highest BCUT2D eigenvalue weighted by atomic mass is 16.2. The van der Waals surface area contributed by atoms with Crippen LogP contribution < -0.4 is 5.32 Å². The van der Waals surface area contributed by atoms with Gasteiger partial charge < -0.3 is 10.2 Å². The maximum atomic E-state index is 12.8. The highest BCUT2D eigenvalue weighted by Crippen LogP contribution is 2.24. The largest absolute Gasteiger partial charge is 0.336 e. The molecular weight excluding hydrogens is 248 g/mol. The van der Waals surface area contributed by atoms with Crippen molar-refractivity contribution in [3.05, 3.63) is 35.9 Å². The van der Waals surface area contributed by atoms with Crippen LogP contribution in [-0.2, 0) is 4.79 Å². The smallest absolute Gasteiger partial charge is 0.227 e. The molecule has 2 unspecified atom stereocenters. The Kier molecular flexibility index (Phi) is 5.60. The minimum absolute atomic E-state index is 0.163. The lowest BCUT2D eigenvalue weighted by Crippen LogP contribution is -2.39. The first-order valence-electron chi connectivity index (χ1n) is 7.80. The minimum Gasteiger partial charge on any atom is -0.336 e. The Bertz CT molecular complexity index is 412. The van der Waals surface area contributed by atoms with Crippen LogP contribution in [0.3, 0.4) is 0 Å². The van der Waals surface area contributed by atoms with Crippen molar-refractivity contribution in [3.63, 3.8) is 0 Å². The Labute approximate surface area is 122 Å². The van der Waals surface area contributed by atoms with Gasteiger partial charge in [-0.1, -0.05) is 43.7 Å². The van der Waals surface area contributed by atoms with Crippen molar-refractivity contribution in [1.29, 1.82) is 0 Å². The third-order valence-electron chi connectivity index (χ3n) is 4.19. The van der Waals surface area contributed by atoms with Gasteiger partial charge in [0, 0.05) is 13.1 Å². The van der Waals surface area contributed by atoms with Crippen LogP contribution in [0.25, 0.3) is 0 Å². The molecular formula is C17H26N2O. The molecule has 1 fully saturated rings. The van der Waals surface area contributed by atoms with Gasteiger partial charge in [-0.3, -0.25) is 4.79 Å². The van der Waals surface area contributed by atoms with Crippen LogP contribution in [0.15, 0.2) is 30.3 Å². The molecule has 1 N–H and O–H groups in total. The van der Waals surface area contributed by atoms with E-state index in [0.717, 1.165) is 38.9 Å². The molecule has 1 heterocycles. The summed E-state index contributed by atoms with van der Waals surface area (Å²) >= 11 is 0. The average molecular weight is 274 g/mol. The van der Waals surface area contributed by atoms with E-state index >= 15 is 0 Å². The molecule has 20 heavy (non-hydrogen) atoms. The van der Waals surface area contributed by atoms with Gasteiger partial charge in [0.2, 0.25) is 5.91 Å². The second kappa shape index (κ2) is 7.44. The maximum Gasteiger partial charge on any atom is 0.227 e. The van der Waals surface area contributed by atoms with Crippen LogP contribution in [0.1, 0.15) is 44.7 Å². The van der Waals surface area contributed by atoms with Gasteiger partial charge in [-0.2, -0.15) is 0 Å². The number of hydrogen-bond acceptors (Lipinski definition) is 2. The molecule has 0 radical (unpaired) electrons. The highest BCUT2D eigenvalue weighted by Gasteiger charge is 2.29. The van der Waals surface area contributed by atoms with Crippen molar-refractivity contribution < 1.29 is 4.79 Å². The number of nitrogens with one attached hydrogen (secondary N) is 1. The van der Waals surface area contributed by atoms with Crippen LogP contribution in [0.5, 0.6) is 0 Å². The number of carbonyl (C=O) groups is 1. The molecule has 3 heteroatoms. The molecule has 1 saturated heterocycles. The van der Waals surface area contributed by atoms with Gasteiger partial charge >= 0.3 is 0 Å². The summed E-state index contributed by atoms with van der Waals surface area (Å²) < 4.78 is 0. The molecule has 0 aliphatic carbocycles. The highest BCUT2D eigenvalue weighted by molar-refractivity contribution is 5.80.